The van der Waals surface area contributed by atoms with Crippen molar-refractivity contribution in [2.75, 3.05) is 20.3 Å². The Bertz CT molecular complexity index is 392. The SMILES string of the molecule is COCCNC(=O)C[C@H]1SC(N=C(N)N)=NC1=O. The van der Waals surface area contributed by atoms with Gasteiger partial charge >= 0.3 is 0 Å². The molecule has 1 atom stereocenters. The Labute approximate surface area is 108 Å². The smallest absolute Gasteiger partial charge is 0.262 e. The zero-order valence-corrected chi connectivity index (χ0v) is 10.7. The van der Waals surface area contributed by atoms with E-state index in [9.17, 15) is 9.59 Å². The molecule has 0 saturated carbocycles. The second kappa shape index (κ2) is 6.97. The Kier molecular flexibility index (Phi) is 5.59. The Morgan fingerprint density at radius 3 is 2.94 bits per heavy atom. The standard InChI is InChI=1S/C9H15N5O3S/c1-17-3-2-12-6(15)4-5-7(16)13-9(18-5)14-8(10)11/h5H,2-4H2,1H3,(H,12,15)(H4,10,11,13,14,16)/t5-/m1/s1. The summed E-state index contributed by atoms with van der Waals surface area (Å²) >= 11 is 1.08. The van der Waals surface area contributed by atoms with Crippen molar-refractivity contribution in [3.05, 3.63) is 0 Å². The van der Waals surface area contributed by atoms with E-state index in [2.05, 4.69) is 15.3 Å². The fourth-order valence-corrected chi connectivity index (χ4v) is 2.14. The molecule has 18 heavy (non-hydrogen) atoms. The molecule has 0 aromatic heterocycles. The minimum Gasteiger partial charge on any atom is -0.383 e. The van der Waals surface area contributed by atoms with Crippen molar-refractivity contribution in [3.63, 3.8) is 0 Å². The number of aliphatic imine (C=N–C) groups is 2. The van der Waals surface area contributed by atoms with Gasteiger partial charge in [0.15, 0.2) is 11.1 Å². The molecule has 0 fully saturated rings. The van der Waals surface area contributed by atoms with Crippen LogP contribution in [0.1, 0.15) is 6.42 Å². The number of nitrogens with two attached hydrogens (primary N) is 2. The zero-order valence-electron chi connectivity index (χ0n) is 9.88. The number of methoxy groups -OCH3 is 1. The zero-order chi connectivity index (χ0) is 13.5. The maximum absolute atomic E-state index is 11.5. The fourth-order valence-electron chi connectivity index (χ4n) is 1.19. The molecule has 9 heteroatoms. The van der Waals surface area contributed by atoms with E-state index < -0.39 is 11.2 Å². The number of carbonyl (C=O) groups excluding carboxylic acids is 2. The third-order valence-corrected chi connectivity index (χ3v) is 3.00. The van der Waals surface area contributed by atoms with Gasteiger partial charge in [0.25, 0.3) is 5.91 Å². The van der Waals surface area contributed by atoms with E-state index in [-0.39, 0.29) is 23.5 Å². The second-order valence-corrected chi connectivity index (χ2v) is 4.59. The molecule has 5 N–H and O–H groups in total. The van der Waals surface area contributed by atoms with Gasteiger partial charge in [-0.3, -0.25) is 9.59 Å². The van der Waals surface area contributed by atoms with Crippen LogP contribution in [0.4, 0.5) is 0 Å². The number of hydrogen-bond donors (Lipinski definition) is 3. The highest BCUT2D eigenvalue weighted by Gasteiger charge is 2.30. The van der Waals surface area contributed by atoms with E-state index >= 15 is 0 Å². The molecule has 0 aromatic carbocycles. The highest BCUT2D eigenvalue weighted by molar-refractivity contribution is 8.15. The molecule has 0 unspecified atom stereocenters. The van der Waals surface area contributed by atoms with Crippen LogP contribution in [-0.4, -0.2) is 48.5 Å². The number of amidine groups is 1. The third-order valence-electron chi connectivity index (χ3n) is 1.95. The van der Waals surface area contributed by atoms with Gasteiger partial charge in [0, 0.05) is 20.1 Å². The van der Waals surface area contributed by atoms with Crippen LogP contribution in [-0.2, 0) is 14.3 Å². The number of ether oxygens (including phenoxy) is 1. The van der Waals surface area contributed by atoms with Crippen LogP contribution in [0.15, 0.2) is 9.98 Å². The van der Waals surface area contributed by atoms with Crippen LogP contribution >= 0.6 is 11.8 Å². The van der Waals surface area contributed by atoms with Crippen LogP contribution in [0.3, 0.4) is 0 Å². The molecule has 0 spiro atoms. The summed E-state index contributed by atoms with van der Waals surface area (Å²) in [5.74, 6) is -0.805. The van der Waals surface area contributed by atoms with Crippen molar-refractivity contribution in [3.8, 4) is 0 Å². The van der Waals surface area contributed by atoms with Gasteiger partial charge < -0.3 is 21.5 Å². The monoisotopic (exact) mass is 273 g/mol. The van der Waals surface area contributed by atoms with Gasteiger partial charge in [0.05, 0.1) is 6.61 Å². The Balaban J connectivity index is 2.40. The third kappa shape index (κ3) is 4.72. The van der Waals surface area contributed by atoms with E-state index in [0.717, 1.165) is 11.8 Å². The molecule has 2 amide bonds. The summed E-state index contributed by atoms with van der Waals surface area (Å²) < 4.78 is 4.79. The van der Waals surface area contributed by atoms with E-state index in [1.54, 1.807) is 0 Å². The van der Waals surface area contributed by atoms with Gasteiger partial charge in [-0.05, 0) is 0 Å². The van der Waals surface area contributed by atoms with Crippen LogP contribution in [0.5, 0.6) is 0 Å². The second-order valence-electron chi connectivity index (χ2n) is 3.42. The van der Waals surface area contributed by atoms with E-state index in [4.69, 9.17) is 16.2 Å². The molecule has 0 aliphatic carbocycles. The topological polar surface area (TPSA) is 132 Å². The predicted octanol–water partition coefficient (Wildman–Crippen LogP) is -1.59. The van der Waals surface area contributed by atoms with Crippen LogP contribution < -0.4 is 16.8 Å². The Morgan fingerprint density at radius 2 is 2.33 bits per heavy atom. The minimum absolute atomic E-state index is 0.0419. The lowest BCUT2D eigenvalue weighted by Crippen LogP contribution is -2.30. The van der Waals surface area contributed by atoms with Gasteiger partial charge in [-0.1, -0.05) is 11.8 Å². The summed E-state index contributed by atoms with van der Waals surface area (Å²) in [6.45, 7) is 0.829. The number of guanidine groups is 1. The van der Waals surface area contributed by atoms with Crippen molar-refractivity contribution >= 4 is 34.7 Å². The van der Waals surface area contributed by atoms with E-state index in [1.807, 2.05) is 0 Å². The maximum Gasteiger partial charge on any atom is 0.262 e. The first kappa shape index (κ1) is 14.5. The molecule has 1 heterocycles. The molecule has 1 aliphatic heterocycles. The van der Waals surface area contributed by atoms with Crippen molar-refractivity contribution in [1.82, 2.24) is 5.32 Å². The lowest BCUT2D eigenvalue weighted by molar-refractivity contribution is -0.124. The molecule has 0 bridgehead atoms. The number of hydrogen-bond acceptors (Lipinski definition) is 5. The summed E-state index contributed by atoms with van der Waals surface area (Å²) in [6, 6.07) is 0. The molecule has 100 valence electrons. The molecular formula is C9H15N5O3S. The lowest BCUT2D eigenvalue weighted by Gasteiger charge is -2.07. The number of amides is 2. The Morgan fingerprint density at radius 1 is 1.61 bits per heavy atom. The van der Waals surface area contributed by atoms with E-state index in [0.29, 0.717) is 13.2 Å². The average Bonchev–Trinajstić information content (AvgIpc) is 2.58. The number of nitrogens with zero attached hydrogens (tertiary/aromatic N) is 2. The van der Waals surface area contributed by atoms with Gasteiger partial charge in [0.2, 0.25) is 5.91 Å². The quantitative estimate of drug-likeness (QED) is 0.314. The normalized spacial score (nSPS) is 18.4. The fraction of sp³-hybridized carbons (Fsp3) is 0.556. The summed E-state index contributed by atoms with van der Waals surface area (Å²) in [5, 5.41) is 2.25. The summed E-state index contributed by atoms with van der Waals surface area (Å²) in [7, 11) is 1.54. The number of carbonyl (C=O) groups is 2. The van der Waals surface area contributed by atoms with Gasteiger partial charge in [0.1, 0.15) is 5.25 Å². The first-order valence-corrected chi connectivity index (χ1v) is 6.05. The predicted molar refractivity (Wildman–Crippen MR) is 69.1 cm³/mol. The molecule has 0 saturated heterocycles. The molecule has 1 rings (SSSR count). The highest BCUT2D eigenvalue weighted by atomic mass is 32.2. The largest absolute Gasteiger partial charge is 0.383 e. The molecule has 8 nitrogen and oxygen atoms in total. The van der Waals surface area contributed by atoms with Crippen molar-refractivity contribution in [2.24, 2.45) is 21.5 Å². The summed E-state index contributed by atoms with van der Waals surface area (Å²) in [6.07, 6.45) is 0.0419. The van der Waals surface area contributed by atoms with Gasteiger partial charge in [-0.2, -0.15) is 9.98 Å². The number of rotatable bonds is 5. The van der Waals surface area contributed by atoms with Crippen LogP contribution in [0.25, 0.3) is 0 Å². The lowest BCUT2D eigenvalue weighted by atomic mass is 10.3. The number of thioether (sulfide) groups is 1. The minimum atomic E-state index is -0.564. The molecule has 0 radical (unpaired) electrons. The van der Waals surface area contributed by atoms with Crippen LogP contribution in [0.2, 0.25) is 0 Å². The van der Waals surface area contributed by atoms with Gasteiger partial charge in [-0.15, -0.1) is 0 Å². The molecular weight excluding hydrogens is 258 g/mol. The highest BCUT2D eigenvalue weighted by Crippen LogP contribution is 2.25. The summed E-state index contributed by atoms with van der Waals surface area (Å²) in [5.41, 5.74) is 10.3. The van der Waals surface area contributed by atoms with Crippen molar-refractivity contribution in [2.45, 2.75) is 11.7 Å². The first-order chi connectivity index (χ1) is 8.52. The maximum atomic E-state index is 11.5. The molecule has 1 aliphatic rings. The molecule has 0 aromatic rings. The average molecular weight is 273 g/mol. The van der Waals surface area contributed by atoms with E-state index in [1.165, 1.54) is 7.11 Å². The number of nitrogens with one attached hydrogen (secondary N) is 1. The summed E-state index contributed by atoms with van der Waals surface area (Å²) in [4.78, 5) is 30.3. The Hall–Kier alpha value is -1.61. The van der Waals surface area contributed by atoms with Crippen LogP contribution in [0, 0.1) is 0 Å². The van der Waals surface area contributed by atoms with Crippen molar-refractivity contribution < 1.29 is 14.3 Å². The first-order valence-electron chi connectivity index (χ1n) is 5.17. The van der Waals surface area contributed by atoms with Gasteiger partial charge in [-0.25, -0.2) is 0 Å². The van der Waals surface area contributed by atoms with Crippen molar-refractivity contribution in [1.29, 1.82) is 0 Å².